The highest BCUT2D eigenvalue weighted by atomic mass is 16.2. The second kappa shape index (κ2) is 6.56. The van der Waals surface area contributed by atoms with Crippen LogP contribution in [0.15, 0.2) is 42.5 Å². The molecule has 0 heterocycles. The zero-order valence-corrected chi connectivity index (χ0v) is 14.5. The van der Waals surface area contributed by atoms with Crippen LogP contribution in [0, 0.1) is 16.9 Å². The maximum atomic E-state index is 12.5. The Balaban J connectivity index is 1.83. The summed E-state index contributed by atoms with van der Waals surface area (Å²) in [5.41, 5.74) is 0.581. The molecule has 1 N–H and O–H groups in total. The SMILES string of the molecule is CN(C#N)C(=O)C(Cc1ccc2ccccc2c1)NC(=O)C1(C)CC1. The molecular weight excluding hydrogens is 314 g/mol. The Morgan fingerprint density at radius 3 is 2.56 bits per heavy atom. The molecule has 0 aromatic heterocycles. The lowest BCUT2D eigenvalue weighted by Crippen LogP contribution is -2.49. The average Bonchev–Trinajstić information content (AvgIpc) is 3.38. The molecule has 2 aromatic rings. The molecule has 1 unspecified atom stereocenters. The Hall–Kier alpha value is -2.87. The minimum absolute atomic E-state index is 0.113. The summed E-state index contributed by atoms with van der Waals surface area (Å²) in [6, 6.07) is 13.2. The van der Waals surface area contributed by atoms with Gasteiger partial charge in [-0.25, -0.2) is 0 Å². The summed E-state index contributed by atoms with van der Waals surface area (Å²) in [5.74, 6) is -0.508. The van der Waals surface area contributed by atoms with Crippen LogP contribution in [-0.4, -0.2) is 29.8 Å². The maximum absolute atomic E-state index is 12.5. The van der Waals surface area contributed by atoms with Gasteiger partial charge >= 0.3 is 0 Å². The highest BCUT2D eigenvalue weighted by Gasteiger charge is 2.46. The predicted octanol–water partition coefficient (Wildman–Crippen LogP) is 2.61. The number of likely N-dealkylation sites (N-methyl/N-ethyl adjacent to an activating group) is 1. The molecule has 0 saturated heterocycles. The van der Waals surface area contributed by atoms with Crippen molar-refractivity contribution < 1.29 is 9.59 Å². The Morgan fingerprint density at radius 2 is 1.92 bits per heavy atom. The molecule has 3 rings (SSSR count). The van der Waals surface area contributed by atoms with Gasteiger partial charge in [0, 0.05) is 18.9 Å². The van der Waals surface area contributed by atoms with E-state index in [0.717, 1.165) is 34.1 Å². The molecule has 5 heteroatoms. The number of hydrogen-bond acceptors (Lipinski definition) is 3. The van der Waals surface area contributed by atoms with Crippen LogP contribution in [0.5, 0.6) is 0 Å². The summed E-state index contributed by atoms with van der Waals surface area (Å²) in [4.78, 5) is 25.9. The molecule has 1 saturated carbocycles. The largest absolute Gasteiger partial charge is 0.343 e. The van der Waals surface area contributed by atoms with Gasteiger partial charge in [0.25, 0.3) is 5.91 Å². The van der Waals surface area contributed by atoms with E-state index in [-0.39, 0.29) is 11.3 Å². The van der Waals surface area contributed by atoms with E-state index in [1.165, 1.54) is 7.05 Å². The molecule has 5 nitrogen and oxygen atoms in total. The van der Waals surface area contributed by atoms with Gasteiger partial charge in [0.15, 0.2) is 6.19 Å². The highest BCUT2D eigenvalue weighted by Crippen LogP contribution is 2.45. The summed E-state index contributed by atoms with van der Waals surface area (Å²) in [6.45, 7) is 1.90. The lowest BCUT2D eigenvalue weighted by atomic mass is 10.00. The first-order valence-corrected chi connectivity index (χ1v) is 8.39. The number of carbonyl (C=O) groups excluding carboxylic acids is 2. The van der Waals surface area contributed by atoms with Crippen molar-refractivity contribution >= 4 is 22.6 Å². The first-order chi connectivity index (χ1) is 11.9. The van der Waals surface area contributed by atoms with Crippen LogP contribution in [0.4, 0.5) is 0 Å². The third kappa shape index (κ3) is 3.63. The van der Waals surface area contributed by atoms with Crippen molar-refractivity contribution in [2.24, 2.45) is 5.41 Å². The fourth-order valence-electron chi connectivity index (χ4n) is 2.83. The third-order valence-corrected chi connectivity index (χ3v) is 4.89. The average molecular weight is 335 g/mol. The zero-order chi connectivity index (χ0) is 18.0. The number of amides is 2. The number of nitriles is 1. The molecule has 2 amide bonds. The Kier molecular flexibility index (Phi) is 4.45. The van der Waals surface area contributed by atoms with Crippen LogP contribution in [0.1, 0.15) is 25.3 Å². The minimum atomic E-state index is -0.740. The van der Waals surface area contributed by atoms with Gasteiger partial charge in [-0.2, -0.15) is 5.26 Å². The second-order valence-electron chi connectivity index (χ2n) is 6.97. The van der Waals surface area contributed by atoms with Crippen LogP contribution in [0.2, 0.25) is 0 Å². The van der Waals surface area contributed by atoms with Gasteiger partial charge in [0.2, 0.25) is 5.91 Å². The zero-order valence-electron chi connectivity index (χ0n) is 14.5. The van der Waals surface area contributed by atoms with Gasteiger partial charge in [0.05, 0.1) is 0 Å². The molecule has 1 aliphatic carbocycles. The Bertz CT molecular complexity index is 865. The topological polar surface area (TPSA) is 73.2 Å². The summed E-state index contributed by atoms with van der Waals surface area (Å²) < 4.78 is 0. The fourth-order valence-corrected chi connectivity index (χ4v) is 2.83. The lowest BCUT2D eigenvalue weighted by molar-refractivity contribution is -0.134. The first kappa shape index (κ1) is 17.0. The monoisotopic (exact) mass is 335 g/mol. The van der Waals surface area contributed by atoms with E-state index in [1.54, 1.807) is 0 Å². The highest BCUT2D eigenvalue weighted by molar-refractivity contribution is 5.92. The summed E-state index contributed by atoms with van der Waals surface area (Å²) in [6.07, 6.45) is 3.85. The van der Waals surface area contributed by atoms with E-state index in [2.05, 4.69) is 5.32 Å². The number of nitrogens with one attached hydrogen (secondary N) is 1. The van der Waals surface area contributed by atoms with E-state index >= 15 is 0 Å². The van der Waals surface area contributed by atoms with Crippen molar-refractivity contribution in [3.05, 3.63) is 48.0 Å². The smallest absolute Gasteiger partial charge is 0.258 e. The van der Waals surface area contributed by atoms with Gasteiger partial charge < -0.3 is 5.32 Å². The van der Waals surface area contributed by atoms with Crippen molar-refractivity contribution in [2.75, 3.05) is 7.05 Å². The molecule has 25 heavy (non-hydrogen) atoms. The molecule has 1 atom stereocenters. The van der Waals surface area contributed by atoms with Crippen molar-refractivity contribution in [3.8, 4) is 6.19 Å². The second-order valence-corrected chi connectivity index (χ2v) is 6.97. The van der Waals surface area contributed by atoms with E-state index in [9.17, 15) is 9.59 Å². The quantitative estimate of drug-likeness (QED) is 0.674. The predicted molar refractivity (Wildman–Crippen MR) is 95.3 cm³/mol. The van der Waals surface area contributed by atoms with Gasteiger partial charge in [-0.1, -0.05) is 49.4 Å². The number of fused-ring (bicyclic) bond motifs is 1. The molecule has 0 radical (unpaired) electrons. The molecule has 128 valence electrons. The number of nitrogens with zero attached hydrogens (tertiary/aromatic N) is 2. The van der Waals surface area contributed by atoms with E-state index in [1.807, 2.05) is 55.6 Å². The number of rotatable bonds is 5. The number of carbonyl (C=O) groups is 2. The third-order valence-electron chi connectivity index (χ3n) is 4.89. The van der Waals surface area contributed by atoms with E-state index in [0.29, 0.717) is 6.42 Å². The minimum Gasteiger partial charge on any atom is -0.343 e. The van der Waals surface area contributed by atoms with Crippen LogP contribution in [0.3, 0.4) is 0 Å². The summed E-state index contributed by atoms with van der Waals surface area (Å²) >= 11 is 0. The van der Waals surface area contributed by atoms with Gasteiger partial charge in [-0.3, -0.25) is 14.5 Å². The summed E-state index contributed by atoms with van der Waals surface area (Å²) in [5, 5.41) is 14.1. The van der Waals surface area contributed by atoms with Crippen LogP contribution in [-0.2, 0) is 16.0 Å². The maximum Gasteiger partial charge on any atom is 0.258 e. The van der Waals surface area contributed by atoms with Crippen LogP contribution in [0.25, 0.3) is 10.8 Å². The van der Waals surface area contributed by atoms with Gasteiger partial charge in [-0.15, -0.1) is 0 Å². The van der Waals surface area contributed by atoms with Crippen molar-refractivity contribution in [1.29, 1.82) is 5.26 Å². The summed E-state index contributed by atoms with van der Waals surface area (Å²) in [7, 11) is 1.42. The van der Waals surface area contributed by atoms with E-state index < -0.39 is 11.9 Å². The molecule has 2 aromatic carbocycles. The Morgan fingerprint density at radius 1 is 1.24 bits per heavy atom. The molecule has 1 fully saturated rings. The molecule has 1 aliphatic rings. The first-order valence-electron chi connectivity index (χ1n) is 8.39. The van der Waals surface area contributed by atoms with Crippen LogP contribution >= 0.6 is 0 Å². The molecule has 0 bridgehead atoms. The van der Waals surface area contributed by atoms with Gasteiger partial charge in [-0.05, 0) is 29.2 Å². The Labute approximate surface area is 147 Å². The van der Waals surface area contributed by atoms with E-state index in [4.69, 9.17) is 5.26 Å². The van der Waals surface area contributed by atoms with Gasteiger partial charge in [0.1, 0.15) is 6.04 Å². The molecular formula is C20H21N3O2. The van der Waals surface area contributed by atoms with Crippen LogP contribution < -0.4 is 5.32 Å². The standard InChI is InChI=1S/C20H21N3O2/c1-20(9-10-20)19(25)22-17(18(24)23(2)13-21)12-14-7-8-15-5-3-4-6-16(15)11-14/h3-8,11,17H,9-10,12H2,1-2H3,(H,22,25). The molecule has 0 aliphatic heterocycles. The number of hydrogen-bond donors (Lipinski definition) is 1. The van der Waals surface area contributed by atoms with Crippen molar-refractivity contribution in [2.45, 2.75) is 32.2 Å². The lowest BCUT2D eigenvalue weighted by Gasteiger charge is -2.22. The fraction of sp³-hybridized carbons (Fsp3) is 0.350. The number of benzene rings is 2. The molecule has 0 spiro atoms. The van der Waals surface area contributed by atoms with Crippen molar-refractivity contribution in [1.82, 2.24) is 10.2 Å². The van der Waals surface area contributed by atoms with Crippen molar-refractivity contribution in [3.63, 3.8) is 0 Å². The normalized spacial score (nSPS) is 15.9.